The maximum atomic E-state index is 12.0. The molecule has 3 N–H and O–H groups in total. The van der Waals surface area contributed by atoms with Crippen LogP contribution in [0.4, 0.5) is 0 Å². The number of sulfone groups is 1. The van der Waals surface area contributed by atoms with E-state index in [4.69, 9.17) is 5.73 Å². The first-order valence-corrected chi connectivity index (χ1v) is 7.85. The van der Waals surface area contributed by atoms with Crippen LogP contribution in [0.15, 0.2) is 29.2 Å². The number of fused-ring (bicyclic) bond motifs is 1. The molecule has 0 aromatic heterocycles. The molecule has 0 fully saturated rings. The summed E-state index contributed by atoms with van der Waals surface area (Å²) in [4.78, 5) is 11.8. The van der Waals surface area contributed by atoms with Gasteiger partial charge in [0.1, 0.15) is 0 Å². The van der Waals surface area contributed by atoms with Gasteiger partial charge in [0.2, 0.25) is 5.91 Å². The average Bonchev–Trinajstić information content (AvgIpc) is 2.58. The molecule has 0 radical (unpaired) electrons. The highest BCUT2D eigenvalue weighted by Gasteiger charge is 2.36. The van der Waals surface area contributed by atoms with Crippen molar-refractivity contribution in [3.05, 3.63) is 29.8 Å². The molecule has 104 valence electrons. The fourth-order valence-corrected chi connectivity index (χ4v) is 4.16. The van der Waals surface area contributed by atoms with E-state index in [1.165, 1.54) is 0 Å². The van der Waals surface area contributed by atoms with E-state index in [1.54, 1.807) is 24.3 Å². The standard InChI is InChI=1S/C13H18N2O3S/c1-8(2)12(13(14)16)15-10-7-19(17,18)11-6-4-3-5-9(10)11/h3-6,8,10,12,15H,7H2,1-2H3,(H2,14,16). The lowest BCUT2D eigenvalue weighted by atomic mass is 10.0. The first-order chi connectivity index (χ1) is 8.83. The summed E-state index contributed by atoms with van der Waals surface area (Å²) in [6, 6.07) is 5.96. The van der Waals surface area contributed by atoms with Crippen LogP contribution in [-0.2, 0) is 14.6 Å². The molecule has 0 spiro atoms. The van der Waals surface area contributed by atoms with Crippen molar-refractivity contribution in [2.24, 2.45) is 11.7 Å². The molecule has 0 saturated carbocycles. The topological polar surface area (TPSA) is 89.3 Å². The number of amides is 1. The molecule has 1 heterocycles. The van der Waals surface area contributed by atoms with Gasteiger partial charge in [0.25, 0.3) is 0 Å². The minimum absolute atomic E-state index is 0.00738. The molecular formula is C13H18N2O3S. The summed E-state index contributed by atoms with van der Waals surface area (Å²) in [6.07, 6.45) is 0. The second kappa shape index (κ2) is 4.94. The third kappa shape index (κ3) is 2.64. The molecule has 6 heteroatoms. The number of carbonyl (C=O) groups is 1. The molecule has 2 rings (SSSR count). The summed E-state index contributed by atoms with van der Waals surface area (Å²) >= 11 is 0. The molecule has 2 atom stereocenters. The Morgan fingerprint density at radius 2 is 2.00 bits per heavy atom. The lowest BCUT2D eigenvalue weighted by molar-refractivity contribution is -0.121. The molecule has 5 nitrogen and oxygen atoms in total. The number of hydrogen-bond acceptors (Lipinski definition) is 4. The summed E-state index contributed by atoms with van der Waals surface area (Å²) < 4.78 is 24.1. The predicted octanol–water partition coefficient (Wildman–Crippen LogP) is 0.614. The van der Waals surface area contributed by atoms with Crippen molar-refractivity contribution >= 4 is 15.7 Å². The number of carbonyl (C=O) groups excluding carboxylic acids is 1. The first kappa shape index (κ1) is 14.0. The molecule has 19 heavy (non-hydrogen) atoms. The molecule has 0 aliphatic carbocycles. The molecule has 1 aliphatic heterocycles. The van der Waals surface area contributed by atoms with Gasteiger partial charge in [0, 0.05) is 6.04 Å². The van der Waals surface area contributed by atoms with Gasteiger partial charge in [0.15, 0.2) is 9.84 Å². The van der Waals surface area contributed by atoms with E-state index in [-0.39, 0.29) is 17.7 Å². The SMILES string of the molecule is CC(C)C(NC1CS(=O)(=O)c2ccccc21)C(N)=O. The number of primary amides is 1. The molecule has 1 aliphatic rings. The fourth-order valence-electron chi connectivity index (χ4n) is 2.41. The lowest BCUT2D eigenvalue weighted by Crippen LogP contribution is -2.46. The van der Waals surface area contributed by atoms with Crippen molar-refractivity contribution in [2.45, 2.75) is 30.8 Å². The normalized spacial score (nSPS) is 22.2. The van der Waals surface area contributed by atoms with E-state index >= 15 is 0 Å². The summed E-state index contributed by atoms with van der Waals surface area (Å²) in [6.45, 7) is 3.75. The van der Waals surface area contributed by atoms with E-state index in [0.29, 0.717) is 4.90 Å². The first-order valence-electron chi connectivity index (χ1n) is 6.20. The van der Waals surface area contributed by atoms with Crippen LogP contribution in [0.2, 0.25) is 0 Å². The molecular weight excluding hydrogens is 264 g/mol. The highest BCUT2D eigenvalue weighted by molar-refractivity contribution is 7.91. The van der Waals surface area contributed by atoms with Crippen LogP contribution < -0.4 is 11.1 Å². The second-order valence-corrected chi connectivity index (χ2v) is 7.17. The van der Waals surface area contributed by atoms with Crippen LogP contribution in [0.5, 0.6) is 0 Å². The maximum Gasteiger partial charge on any atom is 0.234 e. The lowest BCUT2D eigenvalue weighted by Gasteiger charge is -2.23. The quantitative estimate of drug-likeness (QED) is 0.847. The van der Waals surface area contributed by atoms with Gasteiger partial charge < -0.3 is 5.73 Å². The Morgan fingerprint density at radius 1 is 1.37 bits per heavy atom. The van der Waals surface area contributed by atoms with E-state index in [9.17, 15) is 13.2 Å². The minimum Gasteiger partial charge on any atom is -0.368 e. The van der Waals surface area contributed by atoms with Gasteiger partial charge in [-0.15, -0.1) is 0 Å². The molecule has 2 unspecified atom stereocenters. The van der Waals surface area contributed by atoms with Crippen LogP contribution in [-0.4, -0.2) is 26.1 Å². The molecule has 0 bridgehead atoms. The monoisotopic (exact) mass is 282 g/mol. The number of benzene rings is 1. The summed E-state index contributed by atoms with van der Waals surface area (Å²) in [5.41, 5.74) is 6.07. The fraction of sp³-hybridized carbons (Fsp3) is 0.462. The van der Waals surface area contributed by atoms with Crippen LogP contribution in [0.3, 0.4) is 0 Å². The minimum atomic E-state index is -3.27. The largest absolute Gasteiger partial charge is 0.368 e. The van der Waals surface area contributed by atoms with Crippen LogP contribution in [0.1, 0.15) is 25.5 Å². The average molecular weight is 282 g/mol. The van der Waals surface area contributed by atoms with Crippen molar-refractivity contribution in [3.63, 3.8) is 0 Å². The van der Waals surface area contributed by atoms with E-state index in [1.807, 2.05) is 13.8 Å². The smallest absolute Gasteiger partial charge is 0.234 e. The van der Waals surface area contributed by atoms with Gasteiger partial charge in [-0.25, -0.2) is 8.42 Å². The van der Waals surface area contributed by atoms with Crippen LogP contribution in [0, 0.1) is 5.92 Å². The molecule has 1 aromatic rings. The van der Waals surface area contributed by atoms with Gasteiger partial charge in [-0.2, -0.15) is 0 Å². The molecule has 1 amide bonds. The Balaban J connectivity index is 2.32. The van der Waals surface area contributed by atoms with E-state index in [2.05, 4.69) is 5.32 Å². The Hall–Kier alpha value is -1.40. The molecule has 0 saturated heterocycles. The zero-order valence-corrected chi connectivity index (χ0v) is 11.8. The predicted molar refractivity (Wildman–Crippen MR) is 72.2 cm³/mol. The van der Waals surface area contributed by atoms with Crippen molar-refractivity contribution in [2.75, 3.05) is 5.75 Å². The zero-order valence-electron chi connectivity index (χ0n) is 11.0. The number of nitrogens with one attached hydrogen (secondary N) is 1. The molecule has 1 aromatic carbocycles. The van der Waals surface area contributed by atoms with Crippen LogP contribution >= 0.6 is 0 Å². The Bertz CT molecular complexity index is 596. The third-order valence-electron chi connectivity index (χ3n) is 3.37. The van der Waals surface area contributed by atoms with Crippen molar-refractivity contribution in [1.29, 1.82) is 0 Å². The third-order valence-corrected chi connectivity index (χ3v) is 5.18. The summed E-state index contributed by atoms with van der Waals surface area (Å²) in [5.74, 6) is -0.479. The van der Waals surface area contributed by atoms with Gasteiger partial charge in [-0.05, 0) is 17.5 Å². The van der Waals surface area contributed by atoms with Gasteiger partial charge >= 0.3 is 0 Å². The van der Waals surface area contributed by atoms with E-state index < -0.39 is 21.8 Å². The van der Waals surface area contributed by atoms with Crippen molar-refractivity contribution in [3.8, 4) is 0 Å². The van der Waals surface area contributed by atoms with Gasteiger partial charge in [-0.1, -0.05) is 32.0 Å². The number of rotatable bonds is 4. The van der Waals surface area contributed by atoms with Crippen LogP contribution in [0.25, 0.3) is 0 Å². The van der Waals surface area contributed by atoms with Crippen molar-refractivity contribution < 1.29 is 13.2 Å². The number of nitrogens with two attached hydrogens (primary N) is 1. The second-order valence-electron chi connectivity index (χ2n) is 5.16. The Morgan fingerprint density at radius 3 is 2.58 bits per heavy atom. The Kier molecular flexibility index (Phi) is 3.64. The van der Waals surface area contributed by atoms with E-state index in [0.717, 1.165) is 5.56 Å². The highest BCUT2D eigenvalue weighted by atomic mass is 32.2. The van der Waals surface area contributed by atoms with Gasteiger partial charge in [0.05, 0.1) is 16.7 Å². The summed E-state index contributed by atoms with van der Waals surface area (Å²) in [5, 5.41) is 3.07. The zero-order chi connectivity index (χ0) is 14.2. The number of hydrogen-bond donors (Lipinski definition) is 2. The Labute approximate surface area is 113 Å². The maximum absolute atomic E-state index is 12.0. The summed E-state index contributed by atoms with van der Waals surface area (Å²) in [7, 11) is -3.27. The highest BCUT2D eigenvalue weighted by Crippen LogP contribution is 2.33. The van der Waals surface area contributed by atoms with Crippen molar-refractivity contribution in [1.82, 2.24) is 5.32 Å². The van der Waals surface area contributed by atoms with Gasteiger partial charge in [-0.3, -0.25) is 10.1 Å².